The van der Waals surface area contributed by atoms with Crippen LogP contribution in [0.3, 0.4) is 0 Å². The Bertz CT molecular complexity index is 181. The minimum atomic E-state index is -1.50. The highest BCUT2D eigenvalue weighted by Gasteiger charge is 2.34. The smallest absolute Gasteiger partial charge is 0.0934 e. The van der Waals surface area contributed by atoms with Crippen LogP contribution in [0.2, 0.25) is 0 Å². The average Bonchev–Trinajstić information content (AvgIpc) is 1.85. The van der Waals surface area contributed by atoms with Gasteiger partial charge in [0, 0.05) is 5.57 Å². The van der Waals surface area contributed by atoms with Crippen LogP contribution in [0.4, 0.5) is 0 Å². The topological polar surface area (TPSA) is 0 Å². The van der Waals surface area contributed by atoms with E-state index in [-0.39, 0.29) is 15.4 Å². The molecule has 0 aliphatic heterocycles. The van der Waals surface area contributed by atoms with E-state index >= 15 is 0 Å². The molecule has 0 rings (SSSR count). The van der Waals surface area contributed by atoms with Gasteiger partial charge in [-0.2, -0.15) is 0 Å². The van der Waals surface area contributed by atoms with E-state index < -0.39 is 4.33 Å². The maximum atomic E-state index is 5.66. The highest BCUT2D eigenvalue weighted by atomic mass is 35.5. The van der Waals surface area contributed by atoms with Crippen molar-refractivity contribution in [2.45, 2.75) is 4.33 Å². The van der Waals surface area contributed by atoms with Gasteiger partial charge in [-0.3, -0.25) is 0 Å². The predicted octanol–water partition coefficient (Wildman–Crippen LogP) is 4.44. The van der Waals surface area contributed by atoms with Crippen LogP contribution in [0.25, 0.3) is 0 Å². The third-order valence-electron chi connectivity index (χ3n) is 0.948. The molecule has 0 atom stereocenters. The van der Waals surface area contributed by atoms with Crippen LogP contribution in [0, 0.1) is 4.84 Å². The average molecular weight is 253 g/mol. The lowest BCUT2D eigenvalue weighted by Gasteiger charge is -2.20. The fourth-order valence-corrected chi connectivity index (χ4v) is 1.06. The van der Waals surface area contributed by atoms with Crippen molar-refractivity contribution in [1.82, 2.24) is 0 Å². The summed E-state index contributed by atoms with van der Waals surface area (Å²) in [5.41, 5.74) is 0.115. The predicted molar refractivity (Wildman–Crippen MR) is 53.5 cm³/mol. The molecule has 0 aliphatic rings. The molecule has 0 unspecified atom stereocenters. The van der Waals surface area contributed by atoms with Crippen LogP contribution >= 0.6 is 58.0 Å². The van der Waals surface area contributed by atoms with Crippen LogP contribution < -0.4 is 0 Å². The molecule has 0 N–H and O–H groups in total. The Morgan fingerprint density at radius 3 is 1.45 bits per heavy atom. The highest BCUT2D eigenvalue weighted by molar-refractivity contribution is 6.62. The van der Waals surface area contributed by atoms with E-state index in [1.54, 1.807) is 0 Å². The summed E-state index contributed by atoms with van der Waals surface area (Å²) in [4.78, 5) is -0.114. The molecule has 0 aromatic rings. The first-order valence-electron chi connectivity index (χ1n) is 2.40. The Morgan fingerprint density at radius 1 is 1.00 bits per heavy atom. The Balaban J connectivity index is 4.56. The zero-order valence-corrected chi connectivity index (χ0v) is 9.08. The number of alkyl halides is 2. The largest absolute Gasteiger partial charge is 0.178 e. The molecule has 5 heteroatoms. The Morgan fingerprint density at radius 2 is 1.36 bits per heavy atom. The highest BCUT2D eigenvalue weighted by Crippen LogP contribution is 2.44. The van der Waals surface area contributed by atoms with Crippen molar-refractivity contribution in [3.63, 3.8) is 0 Å². The normalized spacial score (nSPS) is 11.8. The van der Waals surface area contributed by atoms with Gasteiger partial charge in [-0.15, -0.1) is 0 Å². The summed E-state index contributed by atoms with van der Waals surface area (Å²) in [6, 6.07) is 0. The molecule has 0 saturated carbocycles. The fraction of sp³-hybridized carbons (Fsp3) is 0.167. The maximum Gasteiger partial charge on any atom is 0.178 e. The molecular weight excluding hydrogens is 249 g/mol. The molecule has 0 aromatic carbocycles. The lowest BCUT2D eigenvalue weighted by Crippen LogP contribution is -2.16. The summed E-state index contributed by atoms with van der Waals surface area (Å²) in [5.74, 6) is 0. The lowest BCUT2D eigenvalue weighted by atomic mass is 10.2. The van der Waals surface area contributed by atoms with E-state index in [1.807, 2.05) is 0 Å². The zero-order chi connectivity index (χ0) is 9.23. The SMILES string of the molecule is C=C(Cl)C(Cl)(Cl)C(=C)[C](Cl)Cl. The van der Waals surface area contributed by atoms with Crippen LogP contribution in [-0.2, 0) is 0 Å². The Kier molecular flexibility index (Phi) is 4.61. The van der Waals surface area contributed by atoms with Gasteiger partial charge in [0.2, 0.25) is 0 Å². The third-order valence-corrected chi connectivity index (χ3v) is 2.79. The molecule has 1 radical (unpaired) electrons. The molecule has 0 bridgehead atoms. The second-order valence-corrected chi connectivity index (χ2v) is 4.45. The summed E-state index contributed by atoms with van der Waals surface area (Å²) < 4.78 is -1.50. The Labute approximate surface area is 90.7 Å². The van der Waals surface area contributed by atoms with E-state index in [2.05, 4.69) is 13.2 Å². The molecule has 63 valence electrons. The number of hydrogen-bond donors (Lipinski definition) is 0. The number of halogens is 5. The summed E-state index contributed by atoms with van der Waals surface area (Å²) in [7, 11) is 0. The van der Waals surface area contributed by atoms with Gasteiger partial charge in [0.05, 0.1) is 5.03 Å². The van der Waals surface area contributed by atoms with Crippen LogP contribution in [0.15, 0.2) is 23.8 Å². The van der Waals surface area contributed by atoms with Crippen molar-refractivity contribution >= 4 is 58.0 Å². The number of allylic oxidation sites excluding steroid dienone is 2. The maximum absolute atomic E-state index is 5.66. The second kappa shape index (κ2) is 4.25. The second-order valence-electron chi connectivity index (χ2n) is 1.72. The summed E-state index contributed by atoms with van der Waals surface area (Å²) >= 11 is 27.5. The quantitative estimate of drug-likeness (QED) is 0.652. The van der Waals surface area contributed by atoms with E-state index in [1.165, 1.54) is 0 Å². The Hall–Kier alpha value is 0.930. The first-order chi connectivity index (χ1) is 4.80. The molecular formula is C6H4Cl5. The summed E-state index contributed by atoms with van der Waals surface area (Å²) in [6.45, 7) is 6.78. The van der Waals surface area contributed by atoms with Crippen molar-refractivity contribution < 1.29 is 0 Å². The number of hydrogen-bond acceptors (Lipinski definition) is 0. The minimum absolute atomic E-state index is 0.00429. The van der Waals surface area contributed by atoms with Gasteiger partial charge in [-0.25, -0.2) is 0 Å². The van der Waals surface area contributed by atoms with Crippen molar-refractivity contribution in [3.05, 3.63) is 28.6 Å². The van der Waals surface area contributed by atoms with E-state index in [4.69, 9.17) is 58.0 Å². The van der Waals surface area contributed by atoms with Gasteiger partial charge < -0.3 is 0 Å². The zero-order valence-electron chi connectivity index (χ0n) is 5.30. The van der Waals surface area contributed by atoms with Gasteiger partial charge in [0.25, 0.3) is 0 Å². The minimum Gasteiger partial charge on any atom is -0.0934 e. The van der Waals surface area contributed by atoms with E-state index in [9.17, 15) is 0 Å². The van der Waals surface area contributed by atoms with Crippen LogP contribution in [-0.4, -0.2) is 4.33 Å². The summed E-state index contributed by atoms with van der Waals surface area (Å²) in [6.07, 6.45) is 0. The molecule has 0 fully saturated rings. The van der Waals surface area contributed by atoms with Crippen LogP contribution in [0.1, 0.15) is 0 Å². The van der Waals surface area contributed by atoms with Gasteiger partial charge in [0.15, 0.2) is 9.17 Å². The molecule has 0 heterocycles. The van der Waals surface area contributed by atoms with Crippen molar-refractivity contribution in [2.24, 2.45) is 0 Å². The monoisotopic (exact) mass is 251 g/mol. The van der Waals surface area contributed by atoms with Crippen molar-refractivity contribution in [2.75, 3.05) is 0 Å². The first kappa shape index (κ1) is 11.9. The molecule has 11 heavy (non-hydrogen) atoms. The van der Waals surface area contributed by atoms with Crippen LogP contribution in [0.5, 0.6) is 0 Å². The third kappa shape index (κ3) is 3.04. The lowest BCUT2D eigenvalue weighted by molar-refractivity contribution is 1.15. The van der Waals surface area contributed by atoms with Gasteiger partial charge in [-0.05, 0) is 0 Å². The molecule has 0 nitrogen and oxygen atoms in total. The van der Waals surface area contributed by atoms with Gasteiger partial charge in [0.1, 0.15) is 0 Å². The van der Waals surface area contributed by atoms with Gasteiger partial charge in [-0.1, -0.05) is 71.2 Å². The molecule has 0 saturated heterocycles. The van der Waals surface area contributed by atoms with Crippen molar-refractivity contribution in [1.29, 1.82) is 0 Å². The van der Waals surface area contributed by atoms with Gasteiger partial charge >= 0.3 is 0 Å². The van der Waals surface area contributed by atoms with Crippen molar-refractivity contribution in [3.8, 4) is 0 Å². The molecule has 0 amide bonds. The first-order valence-corrected chi connectivity index (χ1v) is 4.29. The van der Waals surface area contributed by atoms with E-state index in [0.29, 0.717) is 0 Å². The standard InChI is InChI=1S/C6H4Cl5/c1-3(5(8)9)6(10,11)4(2)7/h1-2H2. The van der Waals surface area contributed by atoms with E-state index in [0.717, 1.165) is 0 Å². The molecule has 0 aromatic heterocycles. The molecule has 0 aliphatic carbocycles. The summed E-state index contributed by atoms with van der Waals surface area (Å²) in [5, 5.41) is 0.00429. The fourth-order valence-electron chi connectivity index (χ4n) is 0.282. The molecule has 0 spiro atoms. The number of rotatable bonds is 3.